The lowest BCUT2D eigenvalue weighted by molar-refractivity contribution is 0.108. The Kier molecular flexibility index (Phi) is 6.15. The van der Waals surface area contributed by atoms with Crippen LogP contribution in [-0.4, -0.2) is 33.0 Å². The maximum atomic E-state index is 5.57. The van der Waals surface area contributed by atoms with Gasteiger partial charge < -0.3 is 19.5 Å². The summed E-state index contributed by atoms with van der Waals surface area (Å²) < 4.78 is 16.6. The minimum absolute atomic E-state index is 0.612. The van der Waals surface area contributed by atoms with Crippen molar-refractivity contribution in [2.75, 3.05) is 33.0 Å². The molecule has 0 atom stereocenters. The summed E-state index contributed by atoms with van der Waals surface area (Å²) in [7, 11) is 0. The van der Waals surface area contributed by atoms with E-state index in [1.165, 1.54) is 5.56 Å². The van der Waals surface area contributed by atoms with Crippen LogP contribution in [0.4, 0.5) is 0 Å². The fraction of sp³-hybridized carbons (Fsp3) is 0.625. The van der Waals surface area contributed by atoms with Crippen molar-refractivity contribution in [3.63, 3.8) is 0 Å². The lowest BCUT2D eigenvalue weighted by Gasteiger charge is -2.19. The molecule has 0 bridgehead atoms. The molecule has 0 saturated heterocycles. The largest absolute Gasteiger partial charge is 0.486 e. The smallest absolute Gasteiger partial charge is 0.161 e. The van der Waals surface area contributed by atoms with Crippen LogP contribution in [0.1, 0.15) is 25.8 Å². The van der Waals surface area contributed by atoms with Gasteiger partial charge in [0.1, 0.15) is 13.2 Å². The lowest BCUT2D eigenvalue weighted by atomic mass is 10.2. The standard InChI is InChI=1S/C16H25NO3/c1-13(2)12-18-7-3-6-17-11-14-4-5-15-16(10-14)20-9-8-19-15/h4-5,10,13,17H,3,6-9,11-12H2,1-2H3. The van der Waals surface area contributed by atoms with Crippen molar-refractivity contribution in [1.82, 2.24) is 5.32 Å². The van der Waals surface area contributed by atoms with Crippen molar-refractivity contribution in [1.29, 1.82) is 0 Å². The molecule has 4 heteroatoms. The van der Waals surface area contributed by atoms with Gasteiger partial charge in [0.05, 0.1) is 0 Å². The molecule has 0 radical (unpaired) electrons. The molecule has 2 rings (SSSR count). The summed E-state index contributed by atoms with van der Waals surface area (Å²) in [5.41, 5.74) is 1.22. The third-order valence-electron chi connectivity index (χ3n) is 3.03. The minimum atomic E-state index is 0.612. The summed E-state index contributed by atoms with van der Waals surface area (Å²) >= 11 is 0. The molecule has 20 heavy (non-hydrogen) atoms. The number of rotatable bonds is 8. The van der Waals surface area contributed by atoms with Gasteiger partial charge in [-0.2, -0.15) is 0 Å². The van der Waals surface area contributed by atoms with E-state index in [2.05, 4.69) is 31.3 Å². The van der Waals surface area contributed by atoms with Crippen molar-refractivity contribution in [3.8, 4) is 11.5 Å². The minimum Gasteiger partial charge on any atom is -0.486 e. The summed E-state index contributed by atoms with van der Waals surface area (Å²) in [6.45, 7) is 9.10. The molecule has 1 aliphatic heterocycles. The highest BCUT2D eigenvalue weighted by Crippen LogP contribution is 2.30. The molecule has 0 spiro atoms. The molecular formula is C16H25NO3. The molecule has 112 valence electrons. The molecule has 4 nitrogen and oxygen atoms in total. The van der Waals surface area contributed by atoms with Gasteiger partial charge in [0.25, 0.3) is 0 Å². The van der Waals surface area contributed by atoms with Gasteiger partial charge in [-0.1, -0.05) is 19.9 Å². The highest BCUT2D eigenvalue weighted by molar-refractivity contribution is 5.43. The second-order valence-corrected chi connectivity index (χ2v) is 5.48. The fourth-order valence-corrected chi connectivity index (χ4v) is 2.05. The van der Waals surface area contributed by atoms with E-state index < -0.39 is 0 Å². The number of ether oxygens (including phenoxy) is 3. The van der Waals surface area contributed by atoms with Crippen molar-refractivity contribution in [2.45, 2.75) is 26.8 Å². The van der Waals surface area contributed by atoms with Crippen molar-refractivity contribution in [2.24, 2.45) is 5.92 Å². The molecule has 1 aliphatic rings. The molecule has 0 aliphatic carbocycles. The average Bonchev–Trinajstić information content (AvgIpc) is 2.46. The van der Waals surface area contributed by atoms with E-state index in [9.17, 15) is 0 Å². The molecule has 1 aromatic carbocycles. The predicted molar refractivity (Wildman–Crippen MR) is 79.4 cm³/mol. The second-order valence-electron chi connectivity index (χ2n) is 5.48. The first kappa shape index (κ1) is 15.1. The number of hydrogen-bond acceptors (Lipinski definition) is 4. The number of fused-ring (bicyclic) bond motifs is 1. The highest BCUT2D eigenvalue weighted by atomic mass is 16.6. The molecule has 1 N–H and O–H groups in total. The normalized spacial score (nSPS) is 13.8. The van der Waals surface area contributed by atoms with Crippen LogP contribution in [0.5, 0.6) is 11.5 Å². The van der Waals surface area contributed by atoms with Crippen molar-refractivity contribution >= 4 is 0 Å². The van der Waals surface area contributed by atoms with Gasteiger partial charge in [0, 0.05) is 19.8 Å². The molecule has 0 amide bonds. The average molecular weight is 279 g/mol. The molecule has 1 aromatic rings. The summed E-state index contributed by atoms with van der Waals surface area (Å²) in [6.07, 6.45) is 1.04. The van der Waals surface area contributed by atoms with Crippen LogP contribution < -0.4 is 14.8 Å². The van der Waals surface area contributed by atoms with Crippen molar-refractivity contribution < 1.29 is 14.2 Å². The van der Waals surface area contributed by atoms with Gasteiger partial charge >= 0.3 is 0 Å². The highest BCUT2D eigenvalue weighted by Gasteiger charge is 2.11. The van der Waals surface area contributed by atoms with Gasteiger partial charge in [-0.05, 0) is 36.6 Å². The first-order valence-electron chi connectivity index (χ1n) is 7.42. The van der Waals surface area contributed by atoms with E-state index in [1.54, 1.807) is 0 Å². The van der Waals surface area contributed by atoms with Crippen LogP contribution >= 0.6 is 0 Å². The SMILES string of the molecule is CC(C)COCCCNCc1ccc2c(c1)OCCO2. The Labute approximate surface area is 121 Å². The maximum absolute atomic E-state index is 5.57. The second kappa shape index (κ2) is 8.12. The van der Waals surface area contributed by atoms with E-state index >= 15 is 0 Å². The summed E-state index contributed by atoms with van der Waals surface area (Å²) in [5.74, 6) is 2.32. The quantitative estimate of drug-likeness (QED) is 0.743. The topological polar surface area (TPSA) is 39.7 Å². The fourth-order valence-electron chi connectivity index (χ4n) is 2.05. The van der Waals surface area contributed by atoms with E-state index in [1.807, 2.05) is 6.07 Å². The van der Waals surface area contributed by atoms with Gasteiger partial charge in [0.2, 0.25) is 0 Å². The Morgan fingerprint density at radius 3 is 2.80 bits per heavy atom. The molecule has 1 heterocycles. The zero-order chi connectivity index (χ0) is 14.2. The predicted octanol–water partition coefficient (Wildman–Crippen LogP) is 2.61. The van der Waals surface area contributed by atoms with Gasteiger partial charge in [-0.15, -0.1) is 0 Å². The van der Waals surface area contributed by atoms with Crippen LogP contribution in [0.2, 0.25) is 0 Å². The molecule has 0 saturated carbocycles. The molecule has 0 unspecified atom stereocenters. The van der Waals surface area contributed by atoms with Crippen LogP contribution in [0.15, 0.2) is 18.2 Å². The Balaban J connectivity index is 1.62. The van der Waals surface area contributed by atoms with Crippen molar-refractivity contribution in [3.05, 3.63) is 23.8 Å². The van der Waals surface area contributed by atoms with Gasteiger partial charge in [0.15, 0.2) is 11.5 Å². The molecular weight excluding hydrogens is 254 g/mol. The Morgan fingerprint density at radius 1 is 1.20 bits per heavy atom. The zero-order valence-corrected chi connectivity index (χ0v) is 12.5. The Bertz CT molecular complexity index is 407. The molecule has 0 aromatic heterocycles. The van der Waals surface area contributed by atoms with E-state index in [0.717, 1.165) is 44.2 Å². The summed E-state index contributed by atoms with van der Waals surface area (Å²) in [4.78, 5) is 0. The molecule has 0 fully saturated rings. The Hall–Kier alpha value is -1.26. The number of hydrogen-bond donors (Lipinski definition) is 1. The first-order valence-corrected chi connectivity index (χ1v) is 7.42. The Morgan fingerprint density at radius 2 is 2.00 bits per heavy atom. The third kappa shape index (κ3) is 5.02. The summed E-state index contributed by atoms with van der Waals surface area (Å²) in [6, 6.07) is 6.11. The van der Waals surface area contributed by atoms with Crippen LogP contribution in [0.3, 0.4) is 0 Å². The van der Waals surface area contributed by atoms with E-state index in [4.69, 9.17) is 14.2 Å². The van der Waals surface area contributed by atoms with Crippen LogP contribution in [0.25, 0.3) is 0 Å². The summed E-state index contributed by atoms with van der Waals surface area (Å²) in [5, 5.41) is 3.42. The van der Waals surface area contributed by atoms with E-state index in [0.29, 0.717) is 19.1 Å². The van der Waals surface area contributed by atoms with Crippen LogP contribution in [-0.2, 0) is 11.3 Å². The lowest BCUT2D eigenvalue weighted by Crippen LogP contribution is -2.18. The zero-order valence-electron chi connectivity index (χ0n) is 12.5. The van der Waals surface area contributed by atoms with Crippen LogP contribution in [0, 0.1) is 5.92 Å². The van der Waals surface area contributed by atoms with Gasteiger partial charge in [-0.3, -0.25) is 0 Å². The van der Waals surface area contributed by atoms with E-state index in [-0.39, 0.29) is 0 Å². The van der Waals surface area contributed by atoms with Gasteiger partial charge in [-0.25, -0.2) is 0 Å². The number of nitrogens with one attached hydrogen (secondary N) is 1. The number of benzene rings is 1. The monoisotopic (exact) mass is 279 g/mol. The first-order chi connectivity index (χ1) is 9.75. The third-order valence-corrected chi connectivity index (χ3v) is 3.03. The maximum Gasteiger partial charge on any atom is 0.161 e.